The number of imidazole rings is 1. The van der Waals surface area contributed by atoms with Gasteiger partial charge in [0.15, 0.2) is 5.03 Å². The summed E-state index contributed by atoms with van der Waals surface area (Å²) in [5.41, 5.74) is 1.29. The molecule has 2 aromatic heterocycles. The van der Waals surface area contributed by atoms with E-state index in [0.29, 0.717) is 29.4 Å². The fourth-order valence-corrected chi connectivity index (χ4v) is 4.71. The van der Waals surface area contributed by atoms with Crippen molar-refractivity contribution in [3.63, 3.8) is 0 Å². The third kappa shape index (κ3) is 2.87. The van der Waals surface area contributed by atoms with Crippen LogP contribution >= 0.6 is 11.3 Å². The predicted octanol–water partition coefficient (Wildman–Crippen LogP) is 2.82. The van der Waals surface area contributed by atoms with Gasteiger partial charge in [0.1, 0.15) is 16.9 Å². The van der Waals surface area contributed by atoms with E-state index < -0.39 is 10.0 Å². The van der Waals surface area contributed by atoms with Crippen LogP contribution in [-0.4, -0.2) is 18.0 Å². The Balaban J connectivity index is 2.43. The average Bonchev–Trinajstić information content (AvgIpc) is 2.98. The number of sulfonamides is 1. The van der Waals surface area contributed by atoms with Gasteiger partial charge in [0.25, 0.3) is 10.0 Å². The molecule has 0 aliphatic heterocycles. The second-order valence-electron chi connectivity index (χ2n) is 4.82. The van der Waals surface area contributed by atoms with Crippen LogP contribution in [0.25, 0.3) is 0 Å². The maximum Gasteiger partial charge on any atom is 0.281 e. The average molecular weight is 338 g/mol. The highest BCUT2D eigenvalue weighted by Gasteiger charge is 2.23. The van der Waals surface area contributed by atoms with Gasteiger partial charge in [0, 0.05) is 17.6 Å². The largest absolute Gasteiger partial charge is 0.334 e. The monoisotopic (exact) mass is 338 g/mol. The van der Waals surface area contributed by atoms with Gasteiger partial charge in [0.05, 0.1) is 5.56 Å². The molecule has 0 aliphatic rings. The van der Waals surface area contributed by atoms with Crippen molar-refractivity contribution in [1.29, 1.82) is 5.26 Å². The van der Waals surface area contributed by atoms with Crippen LogP contribution in [0.2, 0.25) is 0 Å². The summed E-state index contributed by atoms with van der Waals surface area (Å²) in [6.45, 7) is 8.16. The van der Waals surface area contributed by atoms with Crippen molar-refractivity contribution in [3.05, 3.63) is 28.0 Å². The number of rotatable bonds is 5. The number of hydrogen-bond donors (Lipinski definition) is 1. The number of aromatic nitrogens is 2. The van der Waals surface area contributed by atoms with Crippen molar-refractivity contribution in [1.82, 2.24) is 9.55 Å². The number of nitrogens with zero attached hydrogens (tertiary/aromatic N) is 3. The van der Waals surface area contributed by atoms with E-state index in [9.17, 15) is 13.7 Å². The molecule has 8 heteroatoms. The number of hydrogen-bond acceptors (Lipinski definition) is 5. The first-order valence-corrected chi connectivity index (χ1v) is 9.22. The molecule has 0 aromatic carbocycles. The maximum atomic E-state index is 12.5. The van der Waals surface area contributed by atoms with Crippen LogP contribution in [0.1, 0.15) is 35.7 Å². The number of anilines is 1. The fraction of sp³-hybridized carbons (Fsp3) is 0.429. The quantitative estimate of drug-likeness (QED) is 0.908. The van der Waals surface area contributed by atoms with Crippen LogP contribution in [-0.2, 0) is 23.0 Å². The molecule has 0 radical (unpaired) electrons. The lowest BCUT2D eigenvalue weighted by molar-refractivity contribution is 0.598. The summed E-state index contributed by atoms with van der Waals surface area (Å²) in [4.78, 5) is 5.04. The molecule has 0 fully saturated rings. The Hall–Kier alpha value is -1.85. The Kier molecular flexibility index (Phi) is 4.58. The first-order valence-electron chi connectivity index (χ1n) is 6.93. The topological polar surface area (TPSA) is 87.8 Å². The van der Waals surface area contributed by atoms with Gasteiger partial charge in [0.2, 0.25) is 0 Å². The zero-order chi connectivity index (χ0) is 16.5. The molecule has 0 amide bonds. The van der Waals surface area contributed by atoms with Crippen molar-refractivity contribution < 1.29 is 8.42 Å². The van der Waals surface area contributed by atoms with E-state index in [1.165, 1.54) is 17.5 Å². The molecule has 0 unspecified atom stereocenters. The Labute approximate surface area is 134 Å². The normalized spacial score (nSPS) is 11.4. The summed E-state index contributed by atoms with van der Waals surface area (Å²) in [5.74, 6) is 0.639. The van der Waals surface area contributed by atoms with E-state index in [2.05, 4.69) is 15.8 Å². The van der Waals surface area contributed by atoms with Crippen molar-refractivity contribution >= 4 is 26.4 Å². The lowest BCUT2D eigenvalue weighted by Gasteiger charge is -2.03. The van der Waals surface area contributed by atoms with Gasteiger partial charge in [-0.05, 0) is 32.8 Å². The van der Waals surface area contributed by atoms with Crippen LogP contribution in [0.5, 0.6) is 0 Å². The van der Waals surface area contributed by atoms with Crippen LogP contribution in [0, 0.1) is 25.2 Å². The summed E-state index contributed by atoms with van der Waals surface area (Å²) < 4.78 is 29.2. The zero-order valence-corrected chi connectivity index (χ0v) is 14.6. The first kappa shape index (κ1) is 16.5. The minimum Gasteiger partial charge on any atom is -0.334 e. The van der Waals surface area contributed by atoms with Crippen molar-refractivity contribution in [2.24, 2.45) is 0 Å². The molecule has 0 aliphatic carbocycles. The smallest absolute Gasteiger partial charge is 0.281 e. The number of nitrogens with one attached hydrogen (secondary N) is 1. The lowest BCUT2D eigenvalue weighted by atomic mass is 10.1. The molecule has 2 rings (SSSR count). The molecule has 2 aromatic rings. The van der Waals surface area contributed by atoms with Gasteiger partial charge in [-0.25, -0.2) is 4.98 Å². The van der Waals surface area contributed by atoms with E-state index in [0.717, 1.165) is 10.4 Å². The van der Waals surface area contributed by atoms with Crippen molar-refractivity contribution in [2.45, 2.75) is 45.7 Å². The molecule has 2 heterocycles. The van der Waals surface area contributed by atoms with Crippen molar-refractivity contribution in [3.8, 4) is 6.07 Å². The molecule has 0 spiro atoms. The Morgan fingerprint density at radius 1 is 1.41 bits per heavy atom. The Morgan fingerprint density at radius 2 is 2.09 bits per heavy atom. The maximum absolute atomic E-state index is 12.5. The van der Waals surface area contributed by atoms with Gasteiger partial charge in [-0.15, -0.1) is 11.3 Å². The molecule has 6 nitrogen and oxygen atoms in total. The second-order valence-corrected chi connectivity index (χ2v) is 7.68. The summed E-state index contributed by atoms with van der Waals surface area (Å²) >= 11 is 1.28. The molecule has 22 heavy (non-hydrogen) atoms. The molecule has 118 valence electrons. The van der Waals surface area contributed by atoms with Gasteiger partial charge in [-0.3, -0.25) is 4.72 Å². The van der Waals surface area contributed by atoms with Gasteiger partial charge < -0.3 is 4.57 Å². The highest BCUT2D eigenvalue weighted by Crippen LogP contribution is 2.34. The van der Waals surface area contributed by atoms with E-state index >= 15 is 0 Å². The predicted molar refractivity (Wildman–Crippen MR) is 86.6 cm³/mol. The zero-order valence-electron chi connectivity index (χ0n) is 13.0. The summed E-state index contributed by atoms with van der Waals surface area (Å²) in [5, 5.41) is 9.63. The van der Waals surface area contributed by atoms with Gasteiger partial charge in [-0.1, -0.05) is 6.92 Å². The van der Waals surface area contributed by atoms with Crippen molar-refractivity contribution in [2.75, 3.05) is 4.72 Å². The molecular weight excluding hydrogens is 320 g/mol. The second kappa shape index (κ2) is 6.10. The van der Waals surface area contributed by atoms with E-state index in [-0.39, 0.29) is 5.03 Å². The number of thiophene rings is 1. The molecule has 0 bridgehead atoms. The van der Waals surface area contributed by atoms with E-state index in [1.54, 1.807) is 11.5 Å². The number of aryl methyl sites for hydroxylation is 3. The van der Waals surface area contributed by atoms with Gasteiger partial charge >= 0.3 is 0 Å². The standard InChI is InChI=1S/C14H18N4O2S2/c1-5-11-9(3)21-14(12(11)7-15)17-22(19,20)13-8-18(6-2)10(4)16-13/h8,17H,5-6H2,1-4H3. The summed E-state index contributed by atoms with van der Waals surface area (Å²) in [6.07, 6.45) is 2.20. The third-order valence-electron chi connectivity index (χ3n) is 3.47. The lowest BCUT2D eigenvalue weighted by Crippen LogP contribution is -2.13. The van der Waals surface area contributed by atoms with E-state index in [1.807, 2.05) is 20.8 Å². The first-order chi connectivity index (χ1) is 10.3. The molecule has 0 atom stereocenters. The van der Waals surface area contributed by atoms with Crippen LogP contribution in [0.3, 0.4) is 0 Å². The molecular formula is C14H18N4O2S2. The highest BCUT2D eigenvalue weighted by molar-refractivity contribution is 7.92. The minimum atomic E-state index is -3.79. The summed E-state index contributed by atoms with van der Waals surface area (Å²) in [6, 6.07) is 2.10. The summed E-state index contributed by atoms with van der Waals surface area (Å²) in [7, 11) is -3.79. The Morgan fingerprint density at radius 3 is 2.59 bits per heavy atom. The van der Waals surface area contributed by atoms with Crippen LogP contribution in [0.4, 0.5) is 5.00 Å². The molecule has 0 saturated carbocycles. The van der Waals surface area contributed by atoms with E-state index in [4.69, 9.17) is 0 Å². The van der Waals surface area contributed by atoms with Crippen LogP contribution in [0.15, 0.2) is 11.2 Å². The molecule has 0 saturated heterocycles. The fourth-order valence-electron chi connectivity index (χ4n) is 2.30. The van der Waals surface area contributed by atoms with Gasteiger partial charge in [-0.2, -0.15) is 13.7 Å². The SMILES string of the molecule is CCc1c(C)sc(NS(=O)(=O)c2cn(CC)c(C)n2)c1C#N. The molecule has 1 N–H and O–H groups in total. The van der Waals surface area contributed by atoms with Crippen LogP contribution < -0.4 is 4.72 Å². The minimum absolute atomic E-state index is 0.0279. The third-order valence-corrected chi connectivity index (χ3v) is 5.88. The Bertz CT molecular complexity index is 841. The highest BCUT2D eigenvalue weighted by atomic mass is 32.2. The number of nitriles is 1.